The molecule has 474 valence electrons. The predicted molar refractivity (Wildman–Crippen MR) is 378 cm³/mol. The number of carbonyl (C=O) groups is 3. The van der Waals surface area contributed by atoms with Crippen molar-refractivity contribution in [1.82, 2.24) is 0 Å². The van der Waals surface area contributed by atoms with Crippen LogP contribution < -0.4 is 25.8 Å². The lowest BCUT2D eigenvalue weighted by atomic mass is 10.1. The number of benzene rings is 11. The molecule has 0 fully saturated rings. The largest absolute Gasteiger partial charge is 0.478 e. The van der Waals surface area contributed by atoms with Crippen LogP contribution in [0.25, 0.3) is 65.8 Å². The van der Waals surface area contributed by atoms with Crippen molar-refractivity contribution in [2.75, 3.05) is 7.11 Å². The van der Waals surface area contributed by atoms with Crippen molar-refractivity contribution < 1.29 is 56.4 Å². The van der Waals surface area contributed by atoms with E-state index in [0.29, 0.717) is 98.7 Å². The average Bonchev–Trinajstić information content (AvgIpc) is 0.797. The summed E-state index contributed by atoms with van der Waals surface area (Å²) in [6, 6.07) is 72.3. The van der Waals surface area contributed by atoms with Crippen molar-refractivity contribution in [1.29, 1.82) is 10.5 Å². The van der Waals surface area contributed by atoms with Crippen LogP contribution in [0.2, 0.25) is 0 Å². The lowest BCUT2D eigenvalue weighted by Crippen LogP contribution is -2.05. The van der Waals surface area contributed by atoms with Gasteiger partial charge in [-0.2, -0.15) is 10.5 Å². The van der Waals surface area contributed by atoms with E-state index in [4.69, 9.17) is 43.5 Å². The number of carbonyl (C=O) groups excluding carboxylic acids is 1. The lowest BCUT2D eigenvalue weighted by molar-refractivity contribution is 0.0599. The van der Waals surface area contributed by atoms with Gasteiger partial charge in [-0.25, -0.2) is 18.8 Å². The molecule has 0 radical (unpaired) electrons. The molecule has 21 heteroatoms. The van der Waals surface area contributed by atoms with E-state index in [1.807, 2.05) is 78.9 Å². The molecule has 0 bridgehead atoms. The Morgan fingerprint density at radius 3 is 1.22 bits per heavy atom. The highest BCUT2D eigenvalue weighted by Gasteiger charge is 2.15. The Balaban J connectivity index is 0.000000136. The molecule has 14 aromatic rings. The fourth-order valence-corrected chi connectivity index (χ4v) is 10.3. The first-order valence-corrected chi connectivity index (χ1v) is 31.4. The van der Waals surface area contributed by atoms with Gasteiger partial charge in [0.1, 0.15) is 80.0 Å². The fraction of sp³-hybridized carbons (Fsp3) is 0.0133. The van der Waals surface area contributed by atoms with Crippen LogP contribution in [0.3, 0.4) is 0 Å². The van der Waals surface area contributed by atoms with E-state index in [1.54, 1.807) is 127 Å². The van der Waals surface area contributed by atoms with Gasteiger partial charge < -0.3 is 37.7 Å². The highest BCUT2D eigenvalue weighted by molar-refractivity contribution is 9.11. The third kappa shape index (κ3) is 17.5. The molecule has 0 unspecified atom stereocenters. The number of nitriles is 2. The zero-order valence-electron chi connectivity index (χ0n) is 49.7. The second kappa shape index (κ2) is 32.5. The molecule has 0 aliphatic rings. The Morgan fingerprint density at radius 2 is 0.760 bits per heavy atom. The van der Waals surface area contributed by atoms with E-state index in [0.717, 1.165) is 19.2 Å². The first-order chi connectivity index (χ1) is 46.3. The van der Waals surface area contributed by atoms with Crippen LogP contribution >= 0.6 is 63.7 Å². The number of halogens is 5. The van der Waals surface area contributed by atoms with E-state index >= 15 is 0 Å². The zero-order valence-corrected chi connectivity index (χ0v) is 56.0. The van der Waals surface area contributed by atoms with Gasteiger partial charge in [0.25, 0.3) is 0 Å². The molecule has 11 aromatic carbocycles. The molecule has 3 aromatic heterocycles. The number of aromatic carboxylic acids is 2. The Hall–Kier alpha value is -11.3. The average molecular weight is 1540 g/mol. The van der Waals surface area contributed by atoms with Gasteiger partial charge in [0.2, 0.25) is 16.3 Å². The van der Waals surface area contributed by atoms with Gasteiger partial charge in [-0.3, -0.25) is 14.4 Å². The van der Waals surface area contributed by atoms with Crippen molar-refractivity contribution in [3.05, 3.63) is 325 Å². The highest BCUT2D eigenvalue weighted by atomic mass is 79.9. The van der Waals surface area contributed by atoms with Crippen LogP contribution in [-0.2, 0) is 4.74 Å². The number of hydrogen-bond acceptors (Lipinski definition) is 14. The minimum atomic E-state index is -1.05. The van der Waals surface area contributed by atoms with E-state index in [9.17, 15) is 33.2 Å². The molecule has 0 amide bonds. The van der Waals surface area contributed by atoms with Gasteiger partial charge in [0.05, 0.1) is 61.7 Å². The van der Waals surface area contributed by atoms with Gasteiger partial charge in [0, 0.05) is 17.9 Å². The van der Waals surface area contributed by atoms with Crippen LogP contribution in [0.5, 0.6) is 23.0 Å². The van der Waals surface area contributed by atoms with Gasteiger partial charge in [-0.05, 0) is 170 Å². The number of esters is 1. The Kier molecular flexibility index (Phi) is 23.4. The van der Waals surface area contributed by atoms with Gasteiger partial charge in [-0.1, -0.05) is 137 Å². The number of ether oxygens (including phenoxy) is 3. The smallest absolute Gasteiger partial charge is 0.339 e. The molecule has 16 nitrogen and oxygen atoms in total. The van der Waals surface area contributed by atoms with Gasteiger partial charge in [0.15, 0.2) is 0 Å². The first-order valence-electron chi connectivity index (χ1n) is 28.2. The summed E-state index contributed by atoms with van der Waals surface area (Å²) >= 11 is 13.1. The molecule has 14 rings (SSSR count). The number of methoxy groups -OCH3 is 1. The van der Waals surface area contributed by atoms with E-state index in [2.05, 4.69) is 74.5 Å². The minimum absolute atomic E-state index is 0.0179. The highest BCUT2D eigenvalue weighted by Crippen LogP contribution is 2.31. The maximum atomic E-state index is 12.6. The molecule has 0 aliphatic heterocycles. The fourth-order valence-electron chi connectivity index (χ4n) is 9.00. The van der Waals surface area contributed by atoms with Crippen LogP contribution in [0.15, 0.2) is 288 Å². The molecular weight excluding hydrogens is 1490 g/mol. The van der Waals surface area contributed by atoms with Crippen LogP contribution in [0, 0.1) is 28.5 Å². The van der Waals surface area contributed by atoms with Crippen molar-refractivity contribution in [3.8, 4) is 35.1 Å². The Morgan fingerprint density at radius 1 is 0.396 bits per heavy atom. The molecule has 0 saturated carbocycles. The standard InChI is InChI=1S/C15H10O4.C14H8O4.C13H8BrNO.C13H9BrO3.C13H7BrO2.C7H3BrFN/c1-18-15(17)9-6-7-11-13(8-9)19-12-5-3-2-4-10(12)14(11)16;15-13-9-3-1-2-4-11(9)18-12-7-8(14(16)17)5-6-10(12)13;14-11-7-6-10(9-15)13(8-11)16-12-4-2-1-3-5-12;14-9-6-7-11(13(15)16)12(8-9)17-10-4-2-1-3-5-10;14-8-5-6-10-12(7-8)16-11-4-2-1-3-9(11)13(10)15;8-6-2-1-5(4-10)7(9)3-6/h2-8H,1H3;1-7H,(H,16,17);1-8H;1-8H,(H,15,16);1-7H;1-3H. The maximum absolute atomic E-state index is 12.6. The molecule has 96 heavy (non-hydrogen) atoms. The molecule has 0 aliphatic carbocycles. The zero-order chi connectivity index (χ0) is 68.4. The number of fused-ring (bicyclic) bond motifs is 6. The van der Waals surface area contributed by atoms with Crippen LogP contribution in [-0.4, -0.2) is 35.2 Å². The summed E-state index contributed by atoms with van der Waals surface area (Å²) in [5.74, 6) is -0.808. The quantitative estimate of drug-likeness (QED) is 0.111. The van der Waals surface area contributed by atoms with Gasteiger partial charge >= 0.3 is 17.9 Å². The Bertz CT molecular complexity index is 5520. The predicted octanol–water partition coefficient (Wildman–Crippen LogP) is 19.6. The first kappa shape index (κ1) is 69.0. The third-order valence-corrected chi connectivity index (χ3v) is 15.6. The minimum Gasteiger partial charge on any atom is -0.478 e. The second-order valence-corrected chi connectivity index (χ2v) is 23.6. The summed E-state index contributed by atoms with van der Waals surface area (Å²) in [5, 5.41) is 38.3. The normalized spacial score (nSPS) is 10.3. The van der Waals surface area contributed by atoms with Crippen LogP contribution in [0.1, 0.15) is 42.2 Å². The number of rotatable bonds is 7. The molecule has 2 N–H and O–H groups in total. The summed E-state index contributed by atoms with van der Waals surface area (Å²) in [6.45, 7) is 0. The van der Waals surface area contributed by atoms with E-state index < -0.39 is 23.7 Å². The molecular formula is C75H45Br4FN2O14. The third-order valence-electron chi connectivity index (χ3n) is 13.6. The summed E-state index contributed by atoms with van der Waals surface area (Å²) in [4.78, 5) is 69.9. The summed E-state index contributed by atoms with van der Waals surface area (Å²) in [7, 11) is 1.31. The number of para-hydroxylation sites is 5. The van der Waals surface area contributed by atoms with Crippen molar-refractivity contribution in [2.24, 2.45) is 0 Å². The van der Waals surface area contributed by atoms with E-state index in [-0.39, 0.29) is 33.0 Å². The number of hydrogen-bond donors (Lipinski definition) is 2. The van der Waals surface area contributed by atoms with Crippen molar-refractivity contribution >= 4 is 147 Å². The Labute approximate surface area is 577 Å². The summed E-state index contributed by atoms with van der Waals surface area (Å²) in [6.07, 6.45) is 0. The number of nitrogens with zero attached hydrogens (tertiary/aromatic N) is 2. The molecule has 3 heterocycles. The summed E-state index contributed by atoms with van der Waals surface area (Å²) in [5.41, 5.74) is 3.81. The van der Waals surface area contributed by atoms with E-state index in [1.165, 1.54) is 49.6 Å². The van der Waals surface area contributed by atoms with Crippen molar-refractivity contribution in [3.63, 3.8) is 0 Å². The lowest BCUT2D eigenvalue weighted by Gasteiger charge is -2.08. The summed E-state index contributed by atoms with van der Waals surface area (Å²) < 4.78 is 48.5. The van der Waals surface area contributed by atoms with Crippen molar-refractivity contribution in [2.45, 2.75) is 0 Å². The molecule has 0 spiro atoms. The number of carboxylic acid groups (broad SMARTS) is 2. The van der Waals surface area contributed by atoms with Gasteiger partial charge in [-0.15, -0.1) is 0 Å². The second-order valence-electron chi connectivity index (χ2n) is 19.9. The maximum Gasteiger partial charge on any atom is 0.339 e. The number of carboxylic acids is 2. The molecule has 0 saturated heterocycles. The SMILES string of the molecule is COC(=O)c1ccc2c(=O)c3ccccc3oc2c1.N#Cc1ccc(Br)cc1F.N#Cc1ccc(Br)cc1Oc1ccccc1.O=C(O)c1ccc(Br)cc1Oc1ccccc1.O=C(O)c1ccc2c(=O)c3ccccc3oc2c1.O=c1c2ccccc2oc2cc(Br)ccc12. The molecule has 0 atom stereocenters. The monoisotopic (exact) mass is 1530 g/mol. The topological polar surface area (TPSA) is 258 Å². The van der Waals surface area contributed by atoms with Crippen LogP contribution in [0.4, 0.5) is 4.39 Å².